The fourth-order valence-corrected chi connectivity index (χ4v) is 3.75. The summed E-state index contributed by atoms with van der Waals surface area (Å²) in [6.45, 7) is 0.434. The first-order valence-corrected chi connectivity index (χ1v) is 10.2. The molecule has 0 radical (unpaired) electrons. The largest absolute Gasteiger partial charge is 0.384 e. The molecule has 162 valence electrons. The topological polar surface area (TPSA) is 90.3 Å². The lowest BCUT2D eigenvalue weighted by atomic mass is 10.1. The molecule has 3 aromatic rings. The van der Waals surface area contributed by atoms with Crippen LogP contribution < -0.4 is 17.0 Å². The molecule has 0 aliphatic carbocycles. The highest BCUT2D eigenvalue weighted by Gasteiger charge is 2.22. The van der Waals surface area contributed by atoms with Crippen molar-refractivity contribution in [2.45, 2.75) is 13.1 Å². The van der Waals surface area contributed by atoms with Crippen LogP contribution in [0.3, 0.4) is 0 Å². The number of nitrogens with two attached hydrogens (primary N) is 1. The molecule has 2 N–H and O–H groups in total. The quantitative estimate of drug-likeness (QED) is 0.547. The molecule has 1 aromatic heterocycles. The van der Waals surface area contributed by atoms with Crippen LogP contribution in [0.4, 0.5) is 5.82 Å². The molecule has 0 spiro atoms. The lowest BCUT2D eigenvalue weighted by molar-refractivity contribution is 0.0941. The van der Waals surface area contributed by atoms with E-state index in [9.17, 15) is 14.4 Å². The monoisotopic (exact) mass is 460 g/mol. The minimum Gasteiger partial charge on any atom is -0.384 e. The highest BCUT2D eigenvalue weighted by molar-refractivity contribution is 6.35. The lowest BCUT2D eigenvalue weighted by Crippen LogP contribution is -2.44. The molecule has 0 unspecified atom stereocenters. The number of ketones is 1. The van der Waals surface area contributed by atoms with E-state index in [1.54, 1.807) is 30.1 Å². The molecule has 7 nitrogen and oxygen atoms in total. The molecule has 3 rings (SSSR count). The van der Waals surface area contributed by atoms with E-state index in [1.165, 1.54) is 11.6 Å². The van der Waals surface area contributed by atoms with E-state index in [0.717, 1.165) is 15.7 Å². The molecule has 0 aliphatic heterocycles. The first-order chi connectivity index (χ1) is 14.7. The van der Waals surface area contributed by atoms with Crippen LogP contribution >= 0.6 is 23.2 Å². The van der Waals surface area contributed by atoms with E-state index in [4.69, 9.17) is 28.9 Å². The Bertz CT molecular complexity index is 1240. The van der Waals surface area contributed by atoms with Crippen LogP contribution in [0.5, 0.6) is 0 Å². The molecule has 0 atom stereocenters. The number of rotatable bonds is 7. The summed E-state index contributed by atoms with van der Waals surface area (Å²) in [5, 5.41) is 1.00. The third-order valence-electron chi connectivity index (χ3n) is 4.91. The third kappa shape index (κ3) is 5.07. The number of anilines is 1. The Balaban J connectivity index is 1.89. The number of Topliss-reactive ketones (excluding diaryl/α,β-unsaturated/α-hetero) is 1. The average Bonchev–Trinajstić information content (AvgIpc) is 2.72. The van der Waals surface area contributed by atoms with E-state index in [2.05, 4.69) is 0 Å². The zero-order valence-corrected chi connectivity index (χ0v) is 18.7. The maximum Gasteiger partial charge on any atom is 0.332 e. The molecule has 31 heavy (non-hydrogen) atoms. The lowest BCUT2D eigenvalue weighted by Gasteiger charge is -2.19. The van der Waals surface area contributed by atoms with Crippen LogP contribution in [-0.4, -0.2) is 33.4 Å². The van der Waals surface area contributed by atoms with E-state index in [0.29, 0.717) is 16.6 Å². The van der Waals surface area contributed by atoms with Gasteiger partial charge in [0, 0.05) is 23.6 Å². The maximum atomic E-state index is 13.0. The fraction of sp³-hybridized carbons (Fsp3) is 0.227. The number of nitrogen functional groups attached to an aromatic ring is 1. The van der Waals surface area contributed by atoms with Crippen LogP contribution in [-0.2, 0) is 20.1 Å². The number of benzene rings is 2. The normalized spacial score (nSPS) is 11.1. The van der Waals surface area contributed by atoms with Crippen molar-refractivity contribution in [3.05, 3.63) is 96.1 Å². The first-order valence-electron chi connectivity index (χ1n) is 9.48. The highest BCUT2D eigenvalue weighted by Crippen LogP contribution is 2.22. The van der Waals surface area contributed by atoms with Crippen LogP contribution in [0.15, 0.2) is 58.1 Å². The Kier molecular flexibility index (Phi) is 7.00. The summed E-state index contributed by atoms with van der Waals surface area (Å²) in [5.41, 5.74) is 6.26. The van der Waals surface area contributed by atoms with Crippen molar-refractivity contribution in [2.75, 3.05) is 19.3 Å². The average molecular weight is 461 g/mol. The van der Waals surface area contributed by atoms with Crippen molar-refractivity contribution >= 4 is 34.8 Å². The van der Waals surface area contributed by atoms with Gasteiger partial charge in [0.2, 0.25) is 0 Å². The van der Waals surface area contributed by atoms with E-state index < -0.39 is 17.0 Å². The number of hydrogen-bond donors (Lipinski definition) is 1. The van der Waals surface area contributed by atoms with E-state index in [1.807, 2.05) is 30.3 Å². The van der Waals surface area contributed by atoms with Gasteiger partial charge in [-0.25, -0.2) is 4.79 Å². The third-order valence-corrected chi connectivity index (χ3v) is 5.50. The summed E-state index contributed by atoms with van der Waals surface area (Å²) < 4.78 is 2.14. The number of hydrogen-bond acceptors (Lipinski definition) is 5. The summed E-state index contributed by atoms with van der Waals surface area (Å²) in [4.78, 5) is 40.0. The van der Waals surface area contributed by atoms with Gasteiger partial charge in [-0.15, -0.1) is 0 Å². The zero-order valence-electron chi connectivity index (χ0n) is 17.1. The fourth-order valence-electron chi connectivity index (χ4n) is 3.28. The minimum absolute atomic E-state index is 0.0814. The van der Waals surface area contributed by atoms with Gasteiger partial charge in [0.15, 0.2) is 5.78 Å². The molecular formula is C22H22Cl2N4O3. The number of aromatic nitrogens is 2. The second-order valence-electron chi connectivity index (χ2n) is 7.31. The van der Waals surface area contributed by atoms with E-state index >= 15 is 0 Å². The summed E-state index contributed by atoms with van der Waals surface area (Å²) in [6, 6.07) is 14.3. The number of halogens is 2. The van der Waals surface area contributed by atoms with Gasteiger partial charge in [-0.2, -0.15) is 0 Å². The molecule has 0 fully saturated rings. The molecule has 0 amide bonds. The van der Waals surface area contributed by atoms with Crippen molar-refractivity contribution in [3.63, 3.8) is 0 Å². The van der Waals surface area contributed by atoms with Gasteiger partial charge in [0.1, 0.15) is 11.4 Å². The summed E-state index contributed by atoms with van der Waals surface area (Å²) in [6.07, 6.45) is 0. The number of nitrogens with zero attached hydrogens (tertiary/aromatic N) is 3. The Hall–Kier alpha value is -2.87. The molecular weight excluding hydrogens is 439 g/mol. The van der Waals surface area contributed by atoms with Gasteiger partial charge in [0.25, 0.3) is 5.56 Å². The van der Waals surface area contributed by atoms with Crippen LogP contribution in [0.25, 0.3) is 0 Å². The van der Waals surface area contributed by atoms with Crippen molar-refractivity contribution in [1.29, 1.82) is 0 Å². The molecule has 0 saturated carbocycles. The summed E-state index contributed by atoms with van der Waals surface area (Å²) in [7, 11) is 3.06. The SMILES string of the molecule is CN(CC(=O)c1c(N)n(Cc2ccccc2)c(=O)n(C)c1=O)Cc1ccc(Cl)cc1Cl. The van der Waals surface area contributed by atoms with Crippen molar-refractivity contribution in [2.24, 2.45) is 7.05 Å². The Morgan fingerprint density at radius 3 is 2.42 bits per heavy atom. The summed E-state index contributed by atoms with van der Waals surface area (Å²) >= 11 is 12.1. The molecule has 9 heteroatoms. The van der Waals surface area contributed by atoms with Crippen molar-refractivity contribution < 1.29 is 4.79 Å². The van der Waals surface area contributed by atoms with Crippen LogP contribution in [0, 0.1) is 0 Å². The molecule has 0 aliphatic rings. The highest BCUT2D eigenvalue weighted by atomic mass is 35.5. The predicted octanol–water partition coefficient (Wildman–Crippen LogP) is 2.80. The molecule has 0 saturated heterocycles. The number of likely N-dealkylation sites (N-methyl/N-ethyl adjacent to an activating group) is 1. The van der Waals surface area contributed by atoms with Gasteiger partial charge in [-0.3, -0.25) is 23.6 Å². The second kappa shape index (κ2) is 9.51. The molecule has 1 heterocycles. The van der Waals surface area contributed by atoms with Crippen LogP contribution in [0.2, 0.25) is 10.0 Å². The number of carbonyl (C=O) groups is 1. The van der Waals surface area contributed by atoms with Crippen LogP contribution in [0.1, 0.15) is 21.5 Å². The van der Waals surface area contributed by atoms with Gasteiger partial charge >= 0.3 is 5.69 Å². The zero-order chi connectivity index (χ0) is 22.7. The molecule has 0 bridgehead atoms. The van der Waals surface area contributed by atoms with Crippen molar-refractivity contribution in [1.82, 2.24) is 14.0 Å². The van der Waals surface area contributed by atoms with Gasteiger partial charge in [-0.1, -0.05) is 59.6 Å². The Morgan fingerprint density at radius 2 is 1.77 bits per heavy atom. The summed E-state index contributed by atoms with van der Waals surface area (Å²) in [5.74, 6) is -0.618. The van der Waals surface area contributed by atoms with Gasteiger partial charge in [0.05, 0.1) is 13.1 Å². The van der Waals surface area contributed by atoms with Gasteiger partial charge in [-0.05, 0) is 30.3 Å². The standard InChI is InChI=1S/C22H22Cl2N4O3/c1-26(12-15-8-9-16(23)10-17(15)24)13-18(29)19-20(25)28(22(31)27(2)21(19)30)11-14-6-4-3-5-7-14/h3-10H,11-13,25H2,1-2H3. The van der Waals surface area contributed by atoms with Crippen molar-refractivity contribution in [3.8, 4) is 0 Å². The maximum absolute atomic E-state index is 13.0. The predicted molar refractivity (Wildman–Crippen MR) is 123 cm³/mol. The Labute approximate surface area is 189 Å². The number of carbonyl (C=O) groups excluding carboxylic acids is 1. The second-order valence-corrected chi connectivity index (χ2v) is 8.15. The molecule has 2 aromatic carbocycles. The first kappa shape index (κ1) is 22.8. The Morgan fingerprint density at radius 1 is 1.10 bits per heavy atom. The smallest absolute Gasteiger partial charge is 0.332 e. The van der Waals surface area contributed by atoms with E-state index in [-0.39, 0.29) is 24.5 Å². The minimum atomic E-state index is -0.713. The van der Waals surface area contributed by atoms with Gasteiger partial charge < -0.3 is 5.73 Å².